The van der Waals surface area contributed by atoms with Crippen molar-refractivity contribution in [3.8, 4) is 17.0 Å². The van der Waals surface area contributed by atoms with Gasteiger partial charge in [-0.1, -0.05) is 6.07 Å². The molecule has 0 atom stereocenters. The molecule has 2 N–H and O–H groups in total. The zero-order valence-corrected chi connectivity index (χ0v) is 16.8. The van der Waals surface area contributed by atoms with Gasteiger partial charge < -0.3 is 24.5 Å². The fourth-order valence-electron chi connectivity index (χ4n) is 2.71. The minimum absolute atomic E-state index is 0.175. The topological polar surface area (TPSA) is 89.9 Å². The quantitative estimate of drug-likeness (QED) is 0.764. The Hall–Kier alpha value is -2.10. The SMILES string of the molecule is COc1cc(B2OC(C)(C)C(C)(C)O2)ccc1-c1csc(CNC(=O)O)n1. The van der Waals surface area contributed by atoms with Crippen molar-refractivity contribution in [2.75, 3.05) is 7.11 Å². The van der Waals surface area contributed by atoms with E-state index in [9.17, 15) is 4.79 Å². The van der Waals surface area contributed by atoms with Gasteiger partial charge in [0, 0.05) is 10.9 Å². The first-order chi connectivity index (χ1) is 12.6. The van der Waals surface area contributed by atoms with Crippen LogP contribution in [-0.4, -0.2) is 41.6 Å². The molecule has 9 heteroatoms. The average molecular weight is 390 g/mol. The van der Waals surface area contributed by atoms with E-state index in [0.29, 0.717) is 10.8 Å². The smallest absolute Gasteiger partial charge is 0.494 e. The predicted molar refractivity (Wildman–Crippen MR) is 105 cm³/mol. The molecule has 0 saturated carbocycles. The summed E-state index contributed by atoms with van der Waals surface area (Å²) in [6, 6.07) is 5.75. The van der Waals surface area contributed by atoms with Gasteiger partial charge in [0.25, 0.3) is 0 Å². The highest BCUT2D eigenvalue weighted by Crippen LogP contribution is 2.37. The largest absolute Gasteiger partial charge is 0.496 e. The van der Waals surface area contributed by atoms with Gasteiger partial charge in [-0.3, -0.25) is 0 Å². The van der Waals surface area contributed by atoms with E-state index >= 15 is 0 Å². The summed E-state index contributed by atoms with van der Waals surface area (Å²) < 4.78 is 17.8. The molecule has 1 aromatic heterocycles. The molecule has 1 amide bonds. The third-order valence-electron chi connectivity index (χ3n) is 4.97. The maximum absolute atomic E-state index is 10.6. The maximum atomic E-state index is 10.6. The lowest BCUT2D eigenvalue weighted by atomic mass is 9.78. The summed E-state index contributed by atoms with van der Waals surface area (Å²) in [5.41, 5.74) is 1.61. The van der Waals surface area contributed by atoms with E-state index in [1.54, 1.807) is 7.11 Å². The molecule has 1 aliphatic heterocycles. The summed E-state index contributed by atoms with van der Waals surface area (Å²) in [6.45, 7) is 8.23. The zero-order chi connectivity index (χ0) is 19.8. The molecular formula is C18H23BN2O5S. The summed E-state index contributed by atoms with van der Waals surface area (Å²) in [6.07, 6.45) is -1.07. The van der Waals surface area contributed by atoms with Gasteiger partial charge in [0.2, 0.25) is 0 Å². The van der Waals surface area contributed by atoms with Crippen molar-refractivity contribution >= 4 is 30.0 Å². The number of methoxy groups -OCH3 is 1. The molecular weight excluding hydrogens is 367 g/mol. The van der Waals surface area contributed by atoms with Gasteiger partial charge in [-0.25, -0.2) is 9.78 Å². The molecule has 0 aliphatic carbocycles. The Balaban J connectivity index is 1.84. The molecule has 2 heterocycles. The second-order valence-electron chi connectivity index (χ2n) is 7.33. The van der Waals surface area contributed by atoms with Gasteiger partial charge in [-0.2, -0.15) is 0 Å². The maximum Gasteiger partial charge on any atom is 0.494 e. The molecule has 0 radical (unpaired) electrons. The molecule has 1 fully saturated rings. The number of nitrogens with zero attached hydrogens (tertiary/aromatic N) is 1. The van der Waals surface area contributed by atoms with Crippen LogP contribution >= 0.6 is 11.3 Å². The minimum Gasteiger partial charge on any atom is -0.496 e. The number of hydrogen-bond acceptors (Lipinski definition) is 6. The first kappa shape index (κ1) is 19.7. The van der Waals surface area contributed by atoms with Crippen LogP contribution in [0.15, 0.2) is 23.6 Å². The summed E-state index contributed by atoms with van der Waals surface area (Å²) >= 11 is 1.39. The van der Waals surface area contributed by atoms with Gasteiger partial charge in [0.1, 0.15) is 10.8 Å². The van der Waals surface area contributed by atoms with E-state index in [1.165, 1.54) is 11.3 Å². The number of benzene rings is 1. The number of rotatable bonds is 5. The Morgan fingerprint density at radius 1 is 1.30 bits per heavy atom. The summed E-state index contributed by atoms with van der Waals surface area (Å²) in [4.78, 5) is 15.1. The molecule has 0 spiro atoms. The van der Waals surface area contributed by atoms with Crippen LogP contribution in [0, 0.1) is 0 Å². The number of thiazole rings is 1. The van der Waals surface area contributed by atoms with Crippen molar-refractivity contribution in [1.29, 1.82) is 0 Å². The summed E-state index contributed by atoms with van der Waals surface area (Å²) in [5.74, 6) is 0.658. The van der Waals surface area contributed by atoms with Gasteiger partial charge in [0.15, 0.2) is 0 Å². The Morgan fingerprint density at radius 2 is 1.96 bits per heavy atom. The van der Waals surface area contributed by atoms with Gasteiger partial charge in [0.05, 0.1) is 30.6 Å². The molecule has 2 aromatic rings. The van der Waals surface area contributed by atoms with Crippen LogP contribution in [0.2, 0.25) is 0 Å². The van der Waals surface area contributed by atoms with E-state index in [4.69, 9.17) is 19.2 Å². The van der Waals surface area contributed by atoms with E-state index < -0.39 is 24.4 Å². The molecule has 27 heavy (non-hydrogen) atoms. The van der Waals surface area contributed by atoms with Crippen molar-refractivity contribution in [2.45, 2.75) is 45.4 Å². The second-order valence-corrected chi connectivity index (χ2v) is 8.28. The summed E-state index contributed by atoms with van der Waals surface area (Å²) in [7, 11) is 1.13. The fraction of sp³-hybridized carbons (Fsp3) is 0.444. The van der Waals surface area contributed by atoms with Crippen molar-refractivity contribution in [2.24, 2.45) is 0 Å². The molecule has 0 bridgehead atoms. The van der Waals surface area contributed by atoms with Crippen LogP contribution in [-0.2, 0) is 15.9 Å². The van der Waals surface area contributed by atoms with Crippen LogP contribution in [0.1, 0.15) is 32.7 Å². The molecule has 0 unspecified atom stereocenters. The van der Waals surface area contributed by atoms with E-state index in [0.717, 1.165) is 16.7 Å². The Labute approximate surface area is 162 Å². The molecule has 7 nitrogen and oxygen atoms in total. The van der Waals surface area contributed by atoms with Gasteiger partial charge in [-0.05, 0) is 45.3 Å². The highest BCUT2D eigenvalue weighted by molar-refractivity contribution is 7.09. The molecule has 1 aliphatic rings. The van der Waals surface area contributed by atoms with Crippen LogP contribution in [0.3, 0.4) is 0 Å². The Kier molecular flexibility index (Phi) is 5.20. The number of amides is 1. The van der Waals surface area contributed by atoms with Crippen molar-refractivity contribution < 1.29 is 23.9 Å². The van der Waals surface area contributed by atoms with Gasteiger partial charge in [-0.15, -0.1) is 11.3 Å². The summed E-state index contributed by atoms with van der Waals surface area (Å²) in [5, 5.41) is 13.6. The van der Waals surface area contributed by atoms with Gasteiger partial charge >= 0.3 is 13.2 Å². The number of hydrogen-bond donors (Lipinski definition) is 2. The standard InChI is InChI=1S/C18H23BN2O5S/c1-17(2)18(3,4)26-19(25-17)11-6-7-12(14(8-11)24-5)13-10-27-15(21-13)9-20-16(22)23/h6-8,10,20H,9H2,1-5H3,(H,22,23). The molecule has 3 rings (SSSR count). The lowest BCUT2D eigenvalue weighted by Gasteiger charge is -2.32. The molecule has 1 aromatic carbocycles. The second kappa shape index (κ2) is 7.14. The Bertz CT molecular complexity index is 836. The number of aromatic nitrogens is 1. The Morgan fingerprint density at radius 3 is 2.56 bits per heavy atom. The lowest BCUT2D eigenvalue weighted by molar-refractivity contribution is 0.00578. The predicted octanol–water partition coefficient (Wildman–Crippen LogP) is 2.89. The zero-order valence-electron chi connectivity index (χ0n) is 16.0. The van der Waals surface area contributed by atoms with E-state index in [-0.39, 0.29) is 6.54 Å². The average Bonchev–Trinajstić information content (AvgIpc) is 3.14. The van der Waals surface area contributed by atoms with Crippen LogP contribution in [0.25, 0.3) is 11.3 Å². The highest BCUT2D eigenvalue weighted by atomic mass is 32.1. The third kappa shape index (κ3) is 3.95. The number of ether oxygens (including phenoxy) is 1. The number of carbonyl (C=O) groups is 1. The fourth-order valence-corrected chi connectivity index (χ4v) is 3.45. The molecule has 1 saturated heterocycles. The monoisotopic (exact) mass is 390 g/mol. The number of carboxylic acid groups (broad SMARTS) is 1. The van der Waals surface area contributed by atoms with Crippen LogP contribution in [0.4, 0.5) is 4.79 Å². The number of nitrogens with one attached hydrogen (secondary N) is 1. The van der Waals surface area contributed by atoms with E-state index in [1.807, 2.05) is 51.3 Å². The normalized spacial score (nSPS) is 17.7. The third-order valence-corrected chi connectivity index (χ3v) is 5.82. The van der Waals surface area contributed by atoms with Crippen molar-refractivity contribution in [3.63, 3.8) is 0 Å². The van der Waals surface area contributed by atoms with Crippen molar-refractivity contribution in [1.82, 2.24) is 10.3 Å². The minimum atomic E-state index is -1.07. The van der Waals surface area contributed by atoms with Crippen LogP contribution in [0.5, 0.6) is 5.75 Å². The highest BCUT2D eigenvalue weighted by Gasteiger charge is 2.51. The van der Waals surface area contributed by atoms with E-state index in [2.05, 4.69) is 10.3 Å². The first-order valence-corrected chi connectivity index (χ1v) is 9.46. The first-order valence-electron chi connectivity index (χ1n) is 8.58. The van der Waals surface area contributed by atoms with Crippen LogP contribution < -0.4 is 15.5 Å². The lowest BCUT2D eigenvalue weighted by Crippen LogP contribution is -2.41. The van der Waals surface area contributed by atoms with Crippen molar-refractivity contribution in [3.05, 3.63) is 28.6 Å². The molecule has 144 valence electrons.